The predicted molar refractivity (Wildman–Crippen MR) is 164 cm³/mol. The SMILES string of the molecule is CC1c2c(Cl)cc(Cl)cc2CCN1C(=O)CNc1cc(NC(=O)CC2CCCN(C(=O)OC(C)(C)C)C2)c(C#N)cc1F. The molecule has 0 saturated carbocycles. The highest BCUT2D eigenvalue weighted by Crippen LogP contribution is 2.37. The van der Waals surface area contributed by atoms with Crippen LogP contribution in [0.1, 0.15) is 69.7 Å². The van der Waals surface area contributed by atoms with E-state index in [1.54, 1.807) is 36.6 Å². The molecule has 2 N–H and O–H groups in total. The van der Waals surface area contributed by atoms with Gasteiger partial charge in [-0.3, -0.25) is 9.59 Å². The van der Waals surface area contributed by atoms with E-state index in [1.807, 2.05) is 19.1 Å². The Balaban J connectivity index is 1.39. The number of nitrogens with zero attached hydrogens (tertiary/aromatic N) is 3. The normalized spacial score (nSPS) is 18.4. The second kappa shape index (κ2) is 13.4. The van der Waals surface area contributed by atoms with Gasteiger partial charge in [0.25, 0.3) is 0 Å². The molecule has 0 aromatic heterocycles. The third-order valence-electron chi connectivity index (χ3n) is 7.58. The van der Waals surface area contributed by atoms with E-state index < -0.39 is 17.5 Å². The van der Waals surface area contributed by atoms with Crippen LogP contribution in [-0.2, 0) is 20.7 Å². The zero-order chi connectivity index (χ0) is 31.5. The van der Waals surface area contributed by atoms with E-state index in [0.717, 1.165) is 30.0 Å². The summed E-state index contributed by atoms with van der Waals surface area (Å²) < 4.78 is 20.4. The molecule has 0 radical (unpaired) electrons. The van der Waals surface area contributed by atoms with Gasteiger partial charge >= 0.3 is 6.09 Å². The van der Waals surface area contributed by atoms with Gasteiger partial charge in [-0.1, -0.05) is 23.2 Å². The average molecular weight is 633 g/mol. The maximum atomic E-state index is 14.9. The summed E-state index contributed by atoms with van der Waals surface area (Å²) in [6.07, 6.45) is 1.78. The highest BCUT2D eigenvalue weighted by molar-refractivity contribution is 6.35. The molecule has 1 fully saturated rings. The summed E-state index contributed by atoms with van der Waals surface area (Å²) in [5.74, 6) is -1.44. The fourth-order valence-corrected chi connectivity index (χ4v) is 6.30. The van der Waals surface area contributed by atoms with Gasteiger partial charge in [0.15, 0.2) is 0 Å². The Morgan fingerprint density at radius 1 is 1.14 bits per heavy atom. The van der Waals surface area contributed by atoms with Gasteiger partial charge in [0.2, 0.25) is 11.8 Å². The maximum absolute atomic E-state index is 14.9. The van der Waals surface area contributed by atoms with Crippen LogP contribution < -0.4 is 10.6 Å². The zero-order valence-electron chi connectivity index (χ0n) is 24.7. The van der Waals surface area contributed by atoms with Crippen LogP contribution >= 0.6 is 23.2 Å². The number of piperidine rings is 1. The van der Waals surface area contributed by atoms with Crippen molar-refractivity contribution in [3.8, 4) is 6.07 Å². The largest absolute Gasteiger partial charge is 0.444 e. The highest BCUT2D eigenvalue weighted by atomic mass is 35.5. The molecule has 2 aromatic carbocycles. The van der Waals surface area contributed by atoms with E-state index in [9.17, 15) is 24.0 Å². The number of amides is 3. The average Bonchev–Trinajstić information content (AvgIpc) is 2.91. The minimum Gasteiger partial charge on any atom is -0.444 e. The Hall–Kier alpha value is -3.55. The van der Waals surface area contributed by atoms with Crippen molar-refractivity contribution in [3.05, 3.63) is 56.8 Å². The first-order valence-electron chi connectivity index (χ1n) is 14.3. The molecule has 0 spiro atoms. The van der Waals surface area contributed by atoms with Crippen molar-refractivity contribution in [2.24, 2.45) is 5.92 Å². The number of benzene rings is 2. The zero-order valence-corrected chi connectivity index (χ0v) is 26.2. The van der Waals surface area contributed by atoms with Crippen LogP contribution in [-0.4, -0.2) is 59.5 Å². The molecular weight excluding hydrogens is 596 g/mol. The Morgan fingerprint density at radius 3 is 2.58 bits per heavy atom. The number of likely N-dealkylation sites (tertiary alicyclic amines) is 1. The number of fused-ring (bicyclic) bond motifs is 1. The molecule has 230 valence electrons. The number of halogens is 3. The third-order valence-corrected chi connectivity index (χ3v) is 8.12. The molecule has 0 bridgehead atoms. The van der Waals surface area contributed by atoms with Crippen molar-refractivity contribution in [1.29, 1.82) is 5.26 Å². The topological polar surface area (TPSA) is 115 Å². The van der Waals surface area contributed by atoms with Gasteiger partial charge in [0, 0.05) is 36.1 Å². The molecule has 2 unspecified atom stereocenters. The predicted octanol–water partition coefficient (Wildman–Crippen LogP) is 6.54. The second-order valence-electron chi connectivity index (χ2n) is 12.0. The number of carbonyl (C=O) groups excluding carboxylic acids is 3. The second-order valence-corrected chi connectivity index (χ2v) is 12.8. The number of rotatable bonds is 6. The molecule has 12 heteroatoms. The molecule has 3 amide bonds. The van der Waals surface area contributed by atoms with Gasteiger partial charge in [0.05, 0.1) is 29.5 Å². The summed E-state index contributed by atoms with van der Waals surface area (Å²) in [6.45, 7) is 8.46. The van der Waals surface area contributed by atoms with Crippen LogP contribution in [0.5, 0.6) is 0 Å². The number of nitriles is 1. The van der Waals surface area contributed by atoms with E-state index in [2.05, 4.69) is 10.6 Å². The van der Waals surface area contributed by atoms with E-state index in [-0.39, 0.29) is 53.7 Å². The van der Waals surface area contributed by atoms with E-state index in [0.29, 0.717) is 36.1 Å². The van der Waals surface area contributed by atoms with Gasteiger partial charge in [0.1, 0.15) is 17.5 Å². The van der Waals surface area contributed by atoms with Gasteiger partial charge in [-0.15, -0.1) is 0 Å². The third kappa shape index (κ3) is 8.09. The smallest absolute Gasteiger partial charge is 0.410 e. The number of hydrogen-bond donors (Lipinski definition) is 2. The van der Waals surface area contributed by atoms with Gasteiger partial charge < -0.3 is 25.2 Å². The minimum absolute atomic E-state index is 0.0219. The number of ether oxygens (including phenoxy) is 1. The Kier molecular flexibility index (Phi) is 10.1. The first-order valence-corrected chi connectivity index (χ1v) is 15.0. The summed E-state index contributed by atoms with van der Waals surface area (Å²) in [4.78, 5) is 41.9. The molecule has 2 atom stereocenters. The van der Waals surface area contributed by atoms with Crippen LogP contribution in [0.3, 0.4) is 0 Å². The van der Waals surface area contributed by atoms with Crippen molar-refractivity contribution < 1.29 is 23.5 Å². The summed E-state index contributed by atoms with van der Waals surface area (Å²) in [5.41, 5.74) is 1.28. The molecule has 0 aliphatic carbocycles. The van der Waals surface area contributed by atoms with Gasteiger partial charge in [-0.05, 0) is 88.3 Å². The monoisotopic (exact) mass is 631 g/mol. The van der Waals surface area contributed by atoms with Crippen LogP contribution in [0.4, 0.5) is 20.6 Å². The fraction of sp³-hybridized carbons (Fsp3) is 0.484. The van der Waals surface area contributed by atoms with Crippen LogP contribution in [0.15, 0.2) is 24.3 Å². The molecule has 2 aliphatic heterocycles. The molecule has 4 rings (SSSR count). The van der Waals surface area contributed by atoms with Gasteiger partial charge in [-0.25, -0.2) is 9.18 Å². The standard InChI is InChI=1S/C31H36Cl2FN5O4/c1-18-29-20(11-22(32)13-23(29)33)7-9-39(18)28(41)16-36-26-14-25(21(15-35)12-24(26)34)37-27(40)10-19-6-5-8-38(17-19)30(42)43-31(2,3)4/h11-14,18-19,36H,5-10,16-17H2,1-4H3,(H,37,40). The lowest BCUT2D eigenvalue weighted by Crippen LogP contribution is -2.43. The lowest BCUT2D eigenvalue weighted by Gasteiger charge is -2.36. The lowest BCUT2D eigenvalue weighted by atomic mass is 9.93. The fourth-order valence-electron chi connectivity index (χ4n) is 5.61. The molecule has 43 heavy (non-hydrogen) atoms. The Labute approximate surface area is 261 Å². The number of hydrogen-bond acceptors (Lipinski definition) is 6. The molecule has 2 aromatic rings. The summed E-state index contributed by atoms with van der Waals surface area (Å²) in [6, 6.07) is 7.46. The Morgan fingerprint density at radius 2 is 1.88 bits per heavy atom. The Bertz CT molecular complexity index is 1460. The van der Waals surface area contributed by atoms with E-state index in [1.165, 1.54) is 6.07 Å². The van der Waals surface area contributed by atoms with Crippen molar-refractivity contribution in [2.45, 2.75) is 65.0 Å². The molecule has 2 heterocycles. The molecule has 1 saturated heterocycles. The van der Waals surface area contributed by atoms with Crippen molar-refractivity contribution in [1.82, 2.24) is 9.80 Å². The van der Waals surface area contributed by atoms with Crippen molar-refractivity contribution >= 4 is 52.5 Å². The first kappa shape index (κ1) is 32.4. The number of carbonyl (C=O) groups is 3. The van der Waals surface area contributed by atoms with E-state index >= 15 is 0 Å². The first-order chi connectivity index (χ1) is 20.3. The van der Waals surface area contributed by atoms with Crippen LogP contribution in [0.2, 0.25) is 10.0 Å². The van der Waals surface area contributed by atoms with E-state index in [4.69, 9.17) is 27.9 Å². The summed E-state index contributed by atoms with van der Waals surface area (Å²) in [7, 11) is 0. The maximum Gasteiger partial charge on any atom is 0.410 e. The van der Waals surface area contributed by atoms with Crippen LogP contribution in [0.25, 0.3) is 0 Å². The molecular formula is C31H36Cl2FN5O4. The van der Waals surface area contributed by atoms with Crippen LogP contribution in [0, 0.1) is 23.1 Å². The quantitative estimate of drug-likeness (QED) is 0.374. The van der Waals surface area contributed by atoms with Gasteiger partial charge in [-0.2, -0.15) is 5.26 Å². The minimum atomic E-state index is -0.725. The number of anilines is 2. The van der Waals surface area contributed by atoms with Crippen molar-refractivity contribution in [2.75, 3.05) is 36.8 Å². The molecule has 9 nitrogen and oxygen atoms in total. The number of nitrogens with one attached hydrogen (secondary N) is 2. The molecule has 2 aliphatic rings. The summed E-state index contributed by atoms with van der Waals surface area (Å²) in [5, 5.41) is 16.1. The summed E-state index contributed by atoms with van der Waals surface area (Å²) >= 11 is 12.6. The van der Waals surface area contributed by atoms with Crippen molar-refractivity contribution in [3.63, 3.8) is 0 Å². The lowest BCUT2D eigenvalue weighted by molar-refractivity contribution is -0.131. The highest BCUT2D eigenvalue weighted by Gasteiger charge is 2.31.